The van der Waals surface area contributed by atoms with Crippen LogP contribution in [-0.2, 0) is 6.54 Å². The van der Waals surface area contributed by atoms with E-state index in [2.05, 4.69) is 49.3 Å². The number of benzene rings is 1. The SMILES string of the molecule is CNC(CCN(C)Cc1ccco1)c1cc(C)cc(C)c1. The van der Waals surface area contributed by atoms with Crippen molar-refractivity contribution in [2.75, 3.05) is 20.6 Å². The van der Waals surface area contributed by atoms with E-state index in [0.29, 0.717) is 6.04 Å². The van der Waals surface area contributed by atoms with Gasteiger partial charge >= 0.3 is 0 Å². The second-order valence-electron chi connectivity index (χ2n) is 5.87. The first-order chi connectivity index (χ1) is 10.1. The summed E-state index contributed by atoms with van der Waals surface area (Å²) in [4.78, 5) is 2.30. The third kappa shape index (κ3) is 4.73. The largest absolute Gasteiger partial charge is 0.468 e. The van der Waals surface area contributed by atoms with E-state index in [1.807, 2.05) is 19.2 Å². The average Bonchev–Trinajstić information content (AvgIpc) is 2.91. The number of nitrogens with one attached hydrogen (secondary N) is 1. The van der Waals surface area contributed by atoms with E-state index < -0.39 is 0 Å². The minimum atomic E-state index is 0.391. The second kappa shape index (κ2) is 7.43. The Kier molecular flexibility index (Phi) is 5.59. The van der Waals surface area contributed by atoms with Crippen molar-refractivity contribution >= 4 is 0 Å². The topological polar surface area (TPSA) is 28.4 Å². The summed E-state index contributed by atoms with van der Waals surface area (Å²) in [5.74, 6) is 1.02. The van der Waals surface area contributed by atoms with Gasteiger partial charge in [0.05, 0.1) is 12.8 Å². The molecule has 2 rings (SSSR count). The van der Waals surface area contributed by atoms with Gasteiger partial charge in [0, 0.05) is 12.6 Å². The standard InChI is InChI=1S/C18H26N2O/c1-14-10-15(2)12-16(11-14)18(19-3)7-8-20(4)13-17-6-5-9-21-17/h5-6,9-12,18-19H,7-8,13H2,1-4H3. The summed E-state index contributed by atoms with van der Waals surface area (Å²) in [5.41, 5.74) is 4.03. The van der Waals surface area contributed by atoms with Crippen molar-refractivity contribution in [3.05, 3.63) is 59.0 Å². The van der Waals surface area contributed by atoms with Crippen molar-refractivity contribution in [3.8, 4) is 0 Å². The van der Waals surface area contributed by atoms with Gasteiger partial charge in [0.1, 0.15) is 5.76 Å². The molecule has 3 nitrogen and oxygen atoms in total. The molecule has 0 radical (unpaired) electrons. The van der Waals surface area contributed by atoms with Gasteiger partial charge < -0.3 is 9.73 Å². The molecule has 1 heterocycles. The normalized spacial score (nSPS) is 12.8. The van der Waals surface area contributed by atoms with E-state index in [1.54, 1.807) is 6.26 Å². The van der Waals surface area contributed by atoms with E-state index in [4.69, 9.17) is 4.42 Å². The Bertz CT molecular complexity index is 528. The molecular formula is C18H26N2O. The molecule has 0 bridgehead atoms. The zero-order valence-corrected chi connectivity index (χ0v) is 13.5. The van der Waals surface area contributed by atoms with E-state index in [1.165, 1.54) is 16.7 Å². The van der Waals surface area contributed by atoms with Gasteiger partial charge in [0.25, 0.3) is 0 Å². The van der Waals surface area contributed by atoms with Gasteiger partial charge in [0.15, 0.2) is 0 Å². The molecule has 0 aliphatic rings. The molecule has 1 aromatic heterocycles. The Labute approximate surface area is 128 Å². The number of hydrogen-bond donors (Lipinski definition) is 1. The number of furan rings is 1. The Morgan fingerprint density at radius 2 is 1.90 bits per heavy atom. The minimum Gasteiger partial charge on any atom is -0.468 e. The highest BCUT2D eigenvalue weighted by atomic mass is 16.3. The van der Waals surface area contributed by atoms with Crippen molar-refractivity contribution in [3.63, 3.8) is 0 Å². The van der Waals surface area contributed by atoms with Crippen molar-refractivity contribution < 1.29 is 4.42 Å². The van der Waals surface area contributed by atoms with Gasteiger partial charge in [-0.1, -0.05) is 29.3 Å². The summed E-state index contributed by atoms with van der Waals surface area (Å²) < 4.78 is 5.40. The first-order valence-electron chi connectivity index (χ1n) is 7.55. The van der Waals surface area contributed by atoms with Crippen LogP contribution >= 0.6 is 0 Å². The third-order valence-corrected chi connectivity index (χ3v) is 3.80. The Balaban J connectivity index is 1.92. The van der Waals surface area contributed by atoms with E-state index >= 15 is 0 Å². The molecule has 1 unspecified atom stereocenters. The summed E-state index contributed by atoms with van der Waals surface area (Å²) in [5, 5.41) is 3.44. The van der Waals surface area contributed by atoms with E-state index in [-0.39, 0.29) is 0 Å². The molecule has 0 spiro atoms. The molecule has 0 saturated carbocycles. The lowest BCUT2D eigenvalue weighted by molar-refractivity contribution is 0.278. The van der Waals surface area contributed by atoms with Crippen LogP contribution in [-0.4, -0.2) is 25.5 Å². The van der Waals surface area contributed by atoms with Gasteiger partial charge in [-0.25, -0.2) is 0 Å². The van der Waals surface area contributed by atoms with Gasteiger partial charge in [-0.05, 0) is 52.1 Å². The highest BCUT2D eigenvalue weighted by Gasteiger charge is 2.12. The smallest absolute Gasteiger partial charge is 0.117 e. The maximum absolute atomic E-state index is 5.40. The van der Waals surface area contributed by atoms with Crippen LogP contribution < -0.4 is 5.32 Å². The summed E-state index contributed by atoms with van der Waals surface area (Å²) in [7, 11) is 4.17. The summed E-state index contributed by atoms with van der Waals surface area (Å²) in [6.45, 7) is 6.20. The fourth-order valence-electron chi connectivity index (χ4n) is 2.79. The maximum atomic E-state index is 5.40. The third-order valence-electron chi connectivity index (χ3n) is 3.80. The summed E-state index contributed by atoms with van der Waals surface area (Å²) >= 11 is 0. The van der Waals surface area contributed by atoms with Gasteiger partial charge in [0.2, 0.25) is 0 Å². The number of nitrogens with zero attached hydrogens (tertiary/aromatic N) is 1. The number of rotatable bonds is 7. The molecule has 1 atom stereocenters. The highest BCUT2D eigenvalue weighted by molar-refractivity contribution is 5.30. The van der Waals surface area contributed by atoms with Crippen LogP contribution in [0.25, 0.3) is 0 Å². The molecule has 0 aliphatic carbocycles. The van der Waals surface area contributed by atoms with Crippen molar-refractivity contribution in [2.24, 2.45) is 0 Å². The van der Waals surface area contributed by atoms with Crippen LogP contribution in [0.15, 0.2) is 41.0 Å². The van der Waals surface area contributed by atoms with E-state index in [0.717, 1.165) is 25.3 Å². The first-order valence-corrected chi connectivity index (χ1v) is 7.55. The quantitative estimate of drug-likeness (QED) is 0.841. The minimum absolute atomic E-state index is 0.391. The lowest BCUT2D eigenvalue weighted by Crippen LogP contribution is -2.25. The molecule has 114 valence electrons. The highest BCUT2D eigenvalue weighted by Crippen LogP contribution is 2.20. The predicted molar refractivity (Wildman–Crippen MR) is 87.4 cm³/mol. The van der Waals surface area contributed by atoms with Crippen LogP contribution in [0.1, 0.15) is 34.9 Å². The van der Waals surface area contributed by atoms with Gasteiger partial charge in [-0.2, -0.15) is 0 Å². The molecule has 2 aromatic rings. The van der Waals surface area contributed by atoms with E-state index in [9.17, 15) is 0 Å². The van der Waals surface area contributed by atoms with Gasteiger partial charge in [-0.3, -0.25) is 4.90 Å². The molecule has 3 heteroatoms. The van der Waals surface area contributed by atoms with Crippen LogP contribution in [0, 0.1) is 13.8 Å². The van der Waals surface area contributed by atoms with Crippen LogP contribution in [0.5, 0.6) is 0 Å². The Morgan fingerprint density at radius 1 is 1.19 bits per heavy atom. The molecule has 0 aliphatic heterocycles. The molecular weight excluding hydrogens is 260 g/mol. The van der Waals surface area contributed by atoms with Crippen LogP contribution in [0.3, 0.4) is 0 Å². The molecule has 1 N–H and O–H groups in total. The second-order valence-corrected chi connectivity index (χ2v) is 5.87. The average molecular weight is 286 g/mol. The summed E-state index contributed by atoms with van der Waals surface area (Å²) in [6, 6.07) is 11.1. The molecule has 21 heavy (non-hydrogen) atoms. The summed E-state index contributed by atoms with van der Waals surface area (Å²) in [6.07, 6.45) is 2.81. The lowest BCUT2D eigenvalue weighted by atomic mass is 9.99. The van der Waals surface area contributed by atoms with Crippen molar-refractivity contribution in [1.29, 1.82) is 0 Å². The van der Waals surface area contributed by atoms with Crippen molar-refractivity contribution in [1.82, 2.24) is 10.2 Å². The first kappa shape index (κ1) is 15.8. The lowest BCUT2D eigenvalue weighted by Gasteiger charge is -2.22. The molecule has 0 amide bonds. The van der Waals surface area contributed by atoms with Gasteiger partial charge in [-0.15, -0.1) is 0 Å². The predicted octanol–water partition coefficient (Wildman–Crippen LogP) is 3.68. The zero-order chi connectivity index (χ0) is 15.2. The molecule has 0 fully saturated rings. The Hall–Kier alpha value is -1.58. The van der Waals surface area contributed by atoms with Crippen molar-refractivity contribution in [2.45, 2.75) is 32.9 Å². The monoisotopic (exact) mass is 286 g/mol. The number of hydrogen-bond acceptors (Lipinski definition) is 3. The fourth-order valence-corrected chi connectivity index (χ4v) is 2.79. The fraction of sp³-hybridized carbons (Fsp3) is 0.444. The zero-order valence-electron chi connectivity index (χ0n) is 13.5. The molecule has 0 saturated heterocycles. The van der Waals surface area contributed by atoms with Crippen LogP contribution in [0.2, 0.25) is 0 Å². The number of aryl methyl sites for hydroxylation is 2. The van der Waals surface area contributed by atoms with Crippen LogP contribution in [0.4, 0.5) is 0 Å². The maximum Gasteiger partial charge on any atom is 0.117 e. The molecule has 1 aromatic carbocycles. The Morgan fingerprint density at radius 3 is 2.48 bits per heavy atom.